The topological polar surface area (TPSA) is 132 Å². The van der Waals surface area contributed by atoms with Crippen LogP contribution in [-0.2, 0) is 30.0 Å². The second kappa shape index (κ2) is 9.55. The highest BCUT2D eigenvalue weighted by Gasteiger charge is 2.58. The van der Waals surface area contributed by atoms with Gasteiger partial charge in [0.2, 0.25) is 10.0 Å². The highest BCUT2D eigenvalue weighted by molar-refractivity contribution is 7.90. The van der Waals surface area contributed by atoms with Gasteiger partial charge >= 0.3 is 0 Å². The van der Waals surface area contributed by atoms with Gasteiger partial charge in [-0.15, -0.1) is 0 Å². The fourth-order valence-electron chi connectivity index (χ4n) is 5.15. The first kappa shape index (κ1) is 25.4. The van der Waals surface area contributed by atoms with E-state index in [-0.39, 0.29) is 30.6 Å². The molecule has 2 aliphatic heterocycles. The molecule has 2 aromatic rings. The highest BCUT2D eigenvalue weighted by Crippen LogP contribution is 2.46. The van der Waals surface area contributed by atoms with E-state index in [0.29, 0.717) is 68.8 Å². The van der Waals surface area contributed by atoms with E-state index in [0.717, 1.165) is 5.56 Å². The van der Waals surface area contributed by atoms with E-state index in [1.807, 2.05) is 7.05 Å². The second-order valence-corrected chi connectivity index (χ2v) is 12.5. The van der Waals surface area contributed by atoms with E-state index in [9.17, 15) is 18.0 Å². The number of piperazine rings is 1. The quantitative estimate of drug-likeness (QED) is 0.551. The summed E-state index contributed by atoms with van der Waals surface area (Å²) in [5.41, 5.74) is 2.53. The van der Waals surface area contributed by atoms with Crippen molar-refractivity contribution in [1.29, 1.82) is 5.26 Å². The first-order valence-electron chi connectivity index (χ1n) is 12.5. The van der Waals surface area contributed by atoms with Crippen LogP contribution in [0.4, 0.5) is 0 Å². The van der Waals surface area contributed by atoms with Crippen molar-refractivity contribution in [3.05, 3.63) is 52.3 Å². The number of nitriles is 1. The van der Waals surface area contributed by atoms with Crippen molar-refractivity contribution >= 4 is 21.8 Å². The smallest absolute Gasteiger partial charge is 0.272 e. The van der Waals surface area contributed by atoms with Gasteiger partial charge in [0, 0.05) is 58.4 Å². The predicted molar refractivity (Wildman–Crippen MR) is 135 cm³/mol. The van der Waals surface area contributed by atoms with Gasteiger partial charge in [-0.05, 0) is 44.0 Å². The highest BCUT2D eigenvalue weighted by atomic mass is 32.2. The number of aromatic nitrogens is 2. The zero-order valence-corrected chi connectivity index (χ0v) is 21.9. The van der Waals surface area contributed by atoms with E-state index in [1.165, 1.54) is 4.68 Å². The number of nitrogens with one attached hydrogen (secondary N) is 1. The molecule has 3 heterocycles. The number of benzene rings is 1. The molecule has 0 atom stereocenters. The molecule has 196 valence electrons. The normalized spacial score (nSPS) is 19.8. The molecular weight excluding hydrogens is 494 g/mol. The molecule has 1 saturated carbocycles. The van der Waals surface area contributed by atoms with Crippen LogP contribution in [0.25, 0.3) is 0 Å². The number of aryl methyl sites for hydroxylation is 1. The van der Waals surface area contributed by atoms with Gasteiger partial charge in [-0.25, -0.2) is 8.42 Å². The van der Waals surface area contributed by atoms with E-state index in [2.05, 4.69) is 21.4 Å². The van der Waals surface area contributed by atoms with E-state index in [4.69, 9.17) is 5.26 Å². The van der Waals surface area contributed by atoms with Gasteiger partial charge in [0.25, 0.3) is 11.8 Å². The van der Waals surface area contributed by atoms with Crippen LogP contribution >= 0.6 is 0 Å². The van der Waals surface area contributed by atoms with E-state index < -0.39 is 14.8 Å². The fourth-order valence-corrected chi connectivity index (χ4v) is 7.28. The van der Waals surface area contributed by atoms with Gasteiger partial charge < -0.3 is 15.1 Å². The summed E-state index contributed by atoms with van der Waals surface area (Å²) in [6.07, 6.45) is 1.53. The Kier molecular flexibility index (Phi) is 6.55. The first-order chi connectivity index (χ1) is 17.6. The summed E-state index contributed by atoms with van der Waals surface area (Å²) < 4.78 is 29.0. The molecule has 2 fully saturated rings. The van der Waals surface area contributed by atoms with Crippen molar-refractivity contribution < 1.29 is 18.0 Å². The Morgan fingerprint density at radius 1 is 1.11 bits per heavy atom. The third-order valence-corrected chi connectivity index (χ3v) is 10.3. The van der Waals surface area contributed by atoms with Crippen molar-refractivity contribution in [2.24, 2.45) is 7.05 Å². The number of amides is 2. The van der Waals surface area contributed by atoms with Gasteiger partial charge in [-0.1, -0.05) is 12.1 Å². The van der Waals surface area contributed by atoms with Crippen LogP contribution in [0.2, 0.25) is 0 Å². The molecule has 37 heavy (non-hydrogen) atoms. The Hall–Kier alpha value is -3.27. The molecule has 1 aromatic carbocycles. The second-order valence-electron chi connectivity index (χ2n) is 10.2. The van der Waals surface area contributed by atoms with E-state index in [1.54, 1.807) is 40.5 Å². The molecule has 5 rings (SSSR count). The fraction of sp³-hybridized carbons (Fsp3) is 0.520. The van der Waals surface area contributed by atoms with Gasteiger partial charge in [-0.3, -0.25) is 14.3 Å². The van der Waals surface area contributed by atoms with Crippen molar-refractivity contribution in [2.75, 3.05) is 46.3 Å². The summed E-state index contributed by atoms with van der Waals surface area (Å²) in [4.78, 5) is 30.1. The number of hydrogen-bond acceptors (Lipinski definition) is 7. The molecule has 12 heteroatoms. The number of carbonyl (C=O) groups is 2. The van der Waals surface area contributed by atoms with Crippen LogP contribution in [0, 0.1) is 11.3 Å². The minimum absolute atomic E-state index is 0.158. The molecule has 0 radical (unpaired) electrons. The Bertz CT molecular complexity index is 1360. The molecule has 11 nitrogen and oxygen atoms in total. The van der Waals surface area contributed by atoms with E-state index >= 15 is 0 Å². The van der Waals surface area contributed by atoms with Crippen molar-refractivity contribution in [3.63, 3.8) is 0 Å². The van der Waals surface area contributed by atoms with Crippen molar-refractivity contribution in [1.82, 2.24) is 29.2 Å². The van der Waals surface area contributed by atoms with Crippen LogP contribution < -0.4 is 5.32 Å². The van der Waals surface area contributed by atoms with Crippen LogP contribution in [0.15, 0.2) is 24.3 Å². The number of rotatable bonds is 7. The Labute approximate surface area is 216 Å². The lowest BCUT2D eigenvalue weighted by Gasteiger charge is -2.36. The molecular formula is C25H31N7O4S. The number of hydrogen-bond donors (Lipinski definition) is 1. The summed E-state index contributed by atoms with van der Waals surface area (Å²) in [6.45, 7) is 3.11. The summed E-state index contributed by atoms with van der Waals surface area (Å²) in [5, 5.41) is 16.1. The summed E-state index contributed by atoms with van der Waals surface area (Å²) in [7, 11) is 0.0907. The molecule has 0 spiro atoms. The zero-order valence-electron chi connectivity index (χ0n) is 21.1. The Morgan fingerprint density at radius 3 is 2.41 bits per heavy atom. The minimum atomic E-state index is -3.52. The zero-order chi connectivity index (χ0) is 26.4. The molecule has 1 aliphatic carbocycles. The number of carbonyl (C=O) groups excluding carboxylic acids is 2. The Morgan fingerprint density at radius 2 is 1.78 bits per heavy atom. The Balaban J connectivity index is 1.28. The molecule has 3 aliphatic rings. The molecule has 2 amide bonds. The lowest BCUT2D eigenvalue weighted by atomic mass is 10.0. The molecule has 1 aromatic heterocycles. The molecule has 0 unspecified atom stereocenters. The predicted octanol–water partition coefficient (Wildman–Crippen LogP) is 0.330. The van der Waals surface area contributed by atoms with Gasteiger partial charge in [0.15, 0.2) is 5.69 Å². The van der Waals surface area contributed by atoms with Crippen molar-refractivity contribution in [2.45, 2.75) is 30.6 Å². The SMILES string of the molecule is CN1CCN(S(=O)(=O)C2(CN3CCc4c(C(=O)NCc5ccc(C#N)cc5)nn(C)c4C3=O)CC2)CC1. The van der Waals surface area contributed by atoms with Crippen LogP contribution in [-0.4, -0.2) is 95.2 Å². The monoisotopic (exact) mass is 525 g/mol. The van der Waals surface area contributed by atoms with Crippen molar-refractivity contribution in [3.8, 4) is 6.07 Å². The summed E-state index contributed by atoms with van der Waals surface area (Å²) >= 11 is 0. The maximum Gasteiger partial charge on any atom is 0.272 e. The number of fused-ring (bicyclic) bond motifs is 1. The van der Waals surface area contributed by atoms with Crippen LogP contribution in [0.3, 0.4) is 0 Å². The third kappa shape index (κ3) is 4.63. The largest absolute Gasteiger partial charge is 0.347 e. The lowest BCUT2D eigenvalue weighted by Crippen LogP contribution is -2.54. The first-order valence-corrected chi connectivity index (χ1v) is 13.9. The third-order valence-electron chi connectivity index (χ3n) is 7.65. The van der Waals surface area contributed by atoms with Gasteiger partial charge in [0.05, 0.1) is 11.6 Å². The number of nitrogens with zero attached hydrogens (tertiary/aromatic N) is 6. The average molecular weight is 526 g/mol. The lowest BCUT2D eigenvalue weighted by molar-refractivity contribution is 0.0723. The standard InChI is InChI=1S/C25H31N7O4S/c1-29-11-13-32(14-12-29)37(35,36)25(8-9-25)17-31-10-7-20-21(28-30(2)22(20)24(31)34)23(33)27-16-19-5-3-18(15-26)4-6-19/h3-6H,7-14,16-17H2,1-2H3,(H,27,33). The molecule has 1 saturated heterocycles. The summed E-state index contributed by atoms with van der Waals surface area (Å²) in [6, 6.07) is 8.99. The van der Waals surface area contributed by atoms with Crippen LogP contribution in [0.5, 0.6) is 0 Å². The number of likely N-dealkylation sites (N-methyl/N-ethyl adjacent to an activating group) is 1. The van der Waals surface area contributed by atoms with Gasteiger partial charge in [0.1, 0.15) is 10.4 Å². The number of sulfonamides is 1. The average Bonchev–Trinajstić information content (AvgIpc) is 3.61. The van der Waals surface area contributed by atoms with Crippen LogP contribution in [0.1, 0.15) is 50.5 Å². The molecule has 0 bridgehead atoms. The van der Waals surface area contributed by atoms with Gasteiger partial charge in [-0.2, -0.15) is 14.7 Å². The maximum atomic E-state index is 13.5. The minimum Gasteiger partial charge on any atom is -0.347 e. The maximum absolute atomic E-state index is 13.5. The summed E-state index contributed by atoms with van der Waals surface area (Å²) in [5.74, 6) is -0.666. The molecule has 1 N–H and O–H groups in total.